The zero-order valence-electron chi connectivity index (χ0n) is 8.60. The average Bonchev–Trinajstić information content (AvgIpc) is 2.91. The Hall–Kier alpha value is -2.09. The quantitative estimate of drug-likeness (QED) is 0.551. The topological polar surface area (TPSA) is 21.6 Å². The Labute approximate surface area is 92.5 Å². The standard InChI is InChI=1S/C14H9NO/c1-2-4-12-10(3-1)14-11-8-16-7-9(11)5-6-13(14)15-12/h1-7H,8H2. The molecule has 0 radical (unpaired) electrons. The number of hydrogen-bond acceptors (Lipinski definition) is 2. The van der Waals surface area contributed by atoms with E-state index in [0.717, 1.165) is 11.0 Å². The summed E-state index contributed by atoms with van der Waals surface area (Å²) >= 11 is 0. The van der Waals surface area contributed by atoms with Crippen LogP contribution >= 0.6 is 0 Å². The van der Waals surface area contributed by atoms with Crippen molar-refractivity contribution in [2.45, 2.75) is 6.61 Å². The van der Waals surface area contributed by atoms with E-state index < -0.39 is 0 Å². The minimum atomic E-state index is 0.669. The third kappa shape index (κ3) is 0.890. The first-order chi connectivity index (χ1) is 7.93. The first-order valence-corrected chi connectivity index (χ1v) is 5.35. The normalized spacial score (nSPS) is 14.2. The van der Waals surface area contributed by atoms with Crippen LogP contribution in [0.4, 0.5) is 5.69 Å². The van der Waals surface area contributed by atoms with E-state index in [-0.39, 0.29) is 0 Å². The molecule has 2 heterocycles. The van der Waals surface area contributed by atoms with Crippen LogP contribution < -0.4 is 10.6 Å². The van der Waals surface area contributed by atoms with Crippen molar-refractivity contribution in [2.24, 2.45) is 4.99 Å². The minimum absolute atomic E-state index is 0.669. The van der Waals surface area contributed by atoms with Crippen LogP contribution in [0, 0.1) is 0 Å². The molecule has 0 amide bonds. The average molecular weight is 207 g/mol. The van der Waals surface area contributed by atoms with Gasteiger partial charge in [0.15, 0.2) is 0 Å². The molecular formula is C14H9NO. The van der Waals surface area contributed by atoms with Gasteiger partial charge in [-0.2, -0.15) is 0 Å². The van der Waals surface area contributed by atoms with Crippen LogP contribution in [0.3, 0.4) is 0 Å². The van der Waals surface area contributed by atoms with Gasteiger partial charge < -0.3 is 4.74 Å². The summed E-state index contributed by atoms with van der Waals surface area (Å²) in [6.45, 7) is 0.669. The fourth-order valence-corrected chi connectivity index (χ4v) is 2.44. The molecule has 2 aliphatic rings. The molecule has 2 aromatic carbocycles. The number of benzene rings is 2. The molecule has 0 saturated heterocycles. The van der Waals surface area contributed by atoms with E-state index in [1.165, 1.54) is 21.9 Å². The second-order valence-electron chi connectivity index (χ2n) is 4.09. The van der Waals surface area contributed by atoms with E-state index in [2.05, 4.69) is 35.3 Å². The van der Waals surface area contributed by atoms with Crippen LogP contribution in [0.15, 0.2) is 41.4 Å². The Balaban J connectivity index is 2.18. The van der Waals surface area contributed by atoms with Crippen molar-refractivity contribution in [1.29, 1.82) is 0 Å². The van der Waals surface area contributed by atoms with Crippen molar-refractivity contribution in [2.75, 3.05) is 0 Å². The molecule has 0 fully saturated rings. The highest BCUT2D eigenvalue weighted by Crippen LogP contribution is 2.33. The molecule has 0 bridgehead atoms. The second-order valence-corrected chi connectivity index (χ2v) is 4.09. The Morgan fingerprint density at radius 3 is 3.00 bits per heavy atom. The number of hydrogen-bond donors (Lipinski definition) is 0. The van der Waals surface area contributed by atoms with Crippen molar-refractivity contribution >= 4 is 11.9 Å². The van der Waals surface area contributed by atoms with Gasteiger partial charge in [0.1, 0.15) is 6.61 Å². The van der Waals surface area contributed by atoms with Crippen molar-refractivity contribution in [3.05, 3.63) is 52.5 Å². The molecule has 0 aromatic heterocycles. The van der Waals surface area contributed by atoms with Crippen molar-refractivity contribution < 1.29 is 4.74 Å². The fourth-order valence-electron chi connectivity index (χ4n) is 2.44. The van der Waals surface area contributed by atoms with Gasteiger partial charge in [-0.1, -0.05) is 18.2 Å². The lowest BCUT2D eigenvalue weighted by Gasteiger charge is -2.02. The Morgan fingerprint density at radius 2 is 2.00 bits per heavy atom. The minimum Gasteiger partial charge on any atom is -0.496 e. The van der Waals surface area contributed by atoms with Crippen LogP contribution in [0.5, 0.6) is 0 Å². The maximum Gasteiger partial charge on any atom is 0.114 e. The molecular weight excluding hydrogens is 198 g/mol. The van der Waals surface area contributed by atoms with Crippen LogP contribution in [0.2, 0.25) is 0 Å². The second kappa shape index (κ2) is 2.73. The van der Waals surface area contributed by atoms with E-state index in [0.29, 0.717) is 6.61 Å². The number of para-hydroxylation sites is 1. The summed E-state index contributed by atoms with van der Waals surface area (Å²) in [6, 6.07) is 12.4. The lowest BCUT2D eigenvalue weighted by atomic mass is 9.99. The zero-order chi connectivity index (χ0) is 10.5. The molecule has 2 heteroatoms. The predicted octanol–water partition coefficient (Wildman–Crippen LogP) is 1.89. The summed E-state index contributed by atoms with van der Waals surface area (Å²) in [5, 5.41) is 2.25. The molecule has 2 nitrogen and oxygen atoms in total. The Bertz CT molecular complexity index is 716. The highest BCUT2D eigenvalue weighted by molar-refractivity contribution is 5.81. The maximum atomic E-state index is 5.39. The molecule has 0 unspecified atom stereocenters. The SMILES string of the molecule is C1=c2ccc3c(c2CO1)-c1ccccc1N=3. The van der Waals surface area contributed by atoms with Gasteiger partial charge >= 0.3 is 0 Å². The van der Waals surface area contributed by atoms with Crippen molar-refractivity contribution in [3.8, 4) is 11.1 Å². The molecule has 0 N–H and O–H groups in total. The summed E-state index contributed by atoms with van der Waals surface area (Å²) in [4.78, 5) is 4.62. The van der Waals surface area contributed by atoms with Gasteiger partial charge in [0.2, 0.25) is 0 Å². The number of fused-ring (bicyclic) bond motifs is 5. The van der Waals surface area contributed by atoms with E-state index in [4.69, 9.17) is 4.74 Å². The van der Waals surface area contributed by atoms with E-state index >= 15 is 0 Å². The summed E-state index contributed by atoms with van der Waals surface area (Å²) in [7, 11) is 0. The van der Waals surface area contributed by atoms with E-state index in [1.54, 1.807) is 0 Å². The van der Waals surface area contributed by atoms with Gasteiger partial charge in [-0.25, -0.2) is 4.99 Å². The van der Waals surface area contributed by atoms with Crippen LogP contribution in [0.25, 0.3) is 17.4 Å². The van der Waals surface area contributed by atoms with Gasteiger partial charge in [0.25, 0.3) is 0 Å². The first kappa shape index (κ1) is 8.11. The Kier molecular flexibility index (Phi) is 1.38. The zero-order valence-corrected chi connectivity index (χ0v) is 8.60. The highest BCUT2D eigenvalue weighted by Gasteiger charge is 2.19. The highest BCUT2D eigenvalue weighted by atomic mass is 16.5. The third-order valence-electron chi connectivity index (χ3n) is 3.18. The third-order valence-corrected chi connectivity index (χ3v) is 3.18. The smallest absolute Gasteiger partial charge is 0.114 e. The van der Waals surface area contributed by atoms with Gasteiger partial charge in [-0.3, -0.25) is 0 Å². The molecule has 4 rings (SSSR count). The molecule has 0 aliphatic carbocycles. The monoisotopic (exact) mass is 207 g/mol. The fraction of sp³-hybridized carbons (Fsp3) is 0.0714. The summed E-state index contributed by atoms with van der Waals surface area (Å²) in [6.07, 6.45) is 1.83. The summed E-state index contributed by atoms with van der Waals surface area (Å²) < 4.78 is 5.39. The Morgan fingerprint density at radius 1 is 1.06 bits per heavy atom. The molecule has 0 saturated carbocycles. The molecule has 0 atom stereocenters. The van der Waals surface area contributed by atoms with E-state index in [9.17, 15) is 0 Å². The van der Waals surface area contributed by atoms with Crippen molar-refractivity contribution in [3.63, 3.8) is 0 Å². The van der Waals surface area contributed by atoms with Crippen LogP contribution in [0.1, 0.15) is 5.56 Å². The summed E-state index contributed by atoms with van der Waals surface area (Å²) in [5.74, 6) is 0. The molecule has 2 aromatic rings. The molecule has 16 heavy (non-hydrogen) atoms. The lowest BCUT2D eigenvalue weighted by molar-refractivity contribution is 0.297. The number of nitrogens with zero attached hydrogens (tertiary/aromatic N) is 1. The van der Waals surface area contributed by atoms with Crippen LogP contribution in [-0.4, -0.2) is 0 Å². The molecule has 76 valence electrons. The first-order valence-electron chi connectivity index (χ1n) is 5.35. The maximum absolute atomic E-state index is 5.39. The number of rotatable bonds is 0. The van der Waals surface area contributed by atoms with Gasteiger partial charge in [-0.05, 0) is 18.2 Å². The van der Waals surface area contributed by atoms with Gasteiger partial charge in [-0.15, -0.1) is 0 Å². The molecule has 0 spiro atoms. The van der Waals surface area contributed by atoms with Gasteiger partial charge in [0.05, 0.1) is 17.3 Å². The number of ether oxygens (including phenoxy) is 1. The lowest BCUT2D eigenvalue weighted by Crippen LogP contribution is -2.13. The largest absolute Gasteiger partial charge is 0.496 e. The van der Waals surface area contributed by atoms with Crippen LogP contribution in [-0.2, 0) is 11.3 Å². The van der Waals surface area contributed by atoms with Crippen molar-refractivity contribution in [1.82, 2.24) is 0 Å². The predicted molar refractivity (Wildman–Crippen MR) is 61.6 cm³/mol. The van der Waals surface area contributed by atoms with Gasteiger partial charge in [0, 0.05) is 21.9 Å². The molecule has 2 aliphatic heterocycles. The summed E-state index contributed by atoms with van der Waals surface area (Å²) in [5.41, 5.74) is 4.82. The van der Waals surface area contributed by atoms with E-state index in [1.807, 2.05) is 12.3 Å².